The minimum Gasteiger partial charge on any atom is -0.496 e. The van der Waals surface area contributed by atoms with Gasteiger partial charge in [0.15, 0.2) is 0 Å². The molecule has 3 rings (SSSR count). The number of hydrogen-bond donors (Lipinski definition) is 1. The molecule has 2 aromatic rings. The van der Waals surface area contributed by atoms with E-state index < -0.39 is 5.97 Å². The van der Waals surface area contributed by atoms with E-state index in [0.29, 0.717) is 30.3 Å². The van der Waals surface area contributed by atoms with Gasteiger partial charge in [0.2, 0.25) is 5.90 Å². The molecule has 0 aromatic heterocycles. The predicted octanol–water partition coefficient (Wildman–Crippen LogP) is 2.45. The average Bonchev–Trinajstić information content (AvgIpc) is 3.20. The van der Waals surface area contributed by atoms with Crippen molar-refractivity contribution in [3.63, 3.8) is 0 Å². The molecule has 1 aliphatic rings. The third kappa shape index (κ3) is 3.23. The predicted molar refractivity (Wildman–Crippen MR) is 96.5 cm³/mol. The van der Waals surface area contributed by atoms with Gasteiger partial charge in [0.1, 0.15) is 17.9 Å². The van der Waals surface area contributed by atoms with Crippen molar-refractivity contribution in [1.82, 2.24) is 0 Å². The Morgan fingerprint density at radius 1 is 1.23 bits per heavy atom. The smallest absolute Gasteiger partial charge is 0.339 e. The first-order chi connectivity index (χ1) is 12.5. The second kappa shape index (κ2) is 7.26. The number of methoxy groups -OCH3 is 1. The summed E-state index contributed by atoms with van der Waals surface area (Å²) in [5, 5.41) is 9.17. The van der Waals surface area contributed by atoms with Crippen LogP contribution in [0.25, 0.3) is 0 Å². The Kier molecular flexibility index (Phi) is 4.88. The maximum atomic E-state index is 12.9. The first-order valence-corrected chi connectivity index (χ1v) is 7.99. The highest BCUT2D eigenvalue weighted by atomic mass is 16.5. The van der Waals surface area contributed by atoms with Crippen molar-refractivity contribution < 1.29 is 24.2 Å². The summed E-state index contributed by atoms with van der Waals surface area (Å²) < 4.78 is 10.6. The molecule has 7 nitrogen and oxygen atoms in total. The van der Waals surface area contributed by atoms with Gasteiger partial charge in [-0.15, -0.1) is 0 Å². The number of rotatable bonds is 5. The maximum absolute atomic E-state index is 12.9. The number of carboxylic acid groups (broad SMARTS) is 1. The van der Waals surface area contributed by atoms with Gasteiger partial charge >= 0.3 is 5.97 Å². The number of benzene rings is 2. The largest absolute Gasteiger partial charge is 0.496 e. The number of aliphatic imine (C=N–C) groups is 1. The summed E-state index contributed by atoms with van der Waals surface area (Å²) in [7, 11) is 3.01. The van der Waals surface area contributed by atoms with Crippen LogP contribution in [0, 0.1) is 0 Å². The van der Waals surface area contributed by atoms with Crippen LogP contribution >= 0.6 is 0 Å². The number of hydrogen-bond acceptors (Lipinski definition) is 5. The molecule has 0 fully saturated rings. The summed E-state index contributed by atoms with van der Waals surface area (Å²) >= 11 is 0. The van der Waals surface area contributed by atoms with Crippen LogP contribution in [0.5, 0.6) is 5.75 Å². The van der Waals surface area contributed by atoms with Crippen molar-refractivity contribution in [2.75, 3.05) is 32.2 Å². The number of nitrogens with zero attached hydrogens (tertiary/aromatic N) is 2. The van der Waals surface area contributed by atoms with Gasteiger partial charge in [0.25, 0.3) is 5.91 Å². The number of carboxylic acids is 1. The molecule has 0 unspecified atom stereocenters. The third-order valence-corrected chi connectivity index (χ3v) is 4.06. The molecule has 1 heterocycles. The SMILES string of the molecule is COc1cc(C(=O)N(C)c2ccccc2C2=NCCO2)ccc1C(=O)O. The van der Waals surface area contributed by atoms with Gasteiger partial charge in [-0.1, -0.05) is 12.1 Å². The van der Waals surface area contributed by atoms with E-state index in [4.69, 9.17) is 14.6 Å². The van der Waals surface area contributed by atoms with Crippen molar-refractivity contribution in [1.29, 1.82) is 0 Å². The van der Waals surface area contributed by atoms with Crippen LogP contribution in [0.1, 0.15) is 26.3 Å². The Morgan fingerprint density at radius 3 is 2.65 bits per heavy atom. The number of aromatic carboxylic acids is 1. The van der Waals surface area contributed by atoms with Crippen LogP contribution in [0.4, 0.5) is 5.69 Å². The van der Waals surface area contributed by atoms with Crippen LogP contribution in [0.15, 0.2) is 47.5 Å². The summed E-state index contributed by atoms with van der Waals surface area (Å²) in [5.74, 6) is -0.769. The molecule has 0 saturated carbocycles. The van der Waals surface area contributed by atoms with Crippen molar-refractivity contribution >= 4 is 23.5 Å². The highest BCUT2D eigenvalue weighted by Gasteiger charge is 2.22. The van der Waals surface area contributed by atoms with Gasteiger partial charge < -0.3 is 19.5 Å². The topological polar surface area (TPSA) is 88.4 Å². The highest BCUT2D eigenvalue weighted by molar-refractivity contribution is 6.10. The molecule has 0 radical (unpaired) electrons. The summed E-state index contributed by atoms with van der Waals surface area (Å²) in [6.45, 7) is 1.12. The molecular weight excluding hydrogens is 336 g/mol. The minimum atomic E-state index is -1.11. The zero-order valence-electron chi connectivity index (χ0n) is 14.4. The van der Waals surface area contributed by atoms with E-state index in [2.05, 4.69) is 4.99 Å². The molecule has 7 heteroatoms. The number of para-hydroxylation sites is 1. The van der Waals surface area contributed by atoms with E-state index in [0.717, 1.165) is 5.56 Å². The van der Waals surface area contributed by atoms with E-state index in [1.165, 1.54) is 30.2 Å². The lowest BCUT2D eigenvalue weighted by molar-refractivity contribution is 0.0692. The van der Waals surface area contributed by atoms with E-state index in [1.807, 2.05) is 18.2 Å². The number of carbonyl (C=O) groups is 2. The summed E-state index contributed by atoms with van der Waals surface area (Å²) in [6.07, 6.45) is 0. The van der Waals surface area contributed by atoms with E-state index >= 15 is 0 Å². The molecule has 2 aromatic carbocycles. The van der Waals surface area contributed by atoms with Gasteiger partial charge in [-0.3, -0.25) is 4.79 Å². The van der Waals surface area contributed by atoms with Gasteiger partial charge in [0.05, 0.1) is 24.9 Å². The fourth-order valence-electron chi connectivity index (χ4n) is 2.75. The lowest BCUT2D eigenvalue weighted by Crippen LogP contribution is -2.28. The van der Waals surface area contributed by atoms with Crippen LogP contribution in [-0.4, -0.2) is 50.2 Å². The summed E-state index contributed by atoms with van der Waals surface area (Å²) in [5.41, 5.74) is 1.70. The lowest BCUT2D eigenvalue weighted by Gasteiger charge is -2.21. The Morgan fingerprint density at radius 2 is 2.00 bits per heavy atom. The third-order valence-electron chi connectivity index (χ3n) is 4.06. The van der Waals surface area contributed by atoms with Crippen molar-refractivity contribution in [3.8, 4) is 5.75 Å². The van der Waals surface area contributed by atoms with E-state index in [-0.39, 0.29) is 17.2 Å². The first-order valence-electron chi connectivity index (χ1n) is 7.99. The minimum absolute atomic E-state index is 0.000754. The van der Waals surface area contributed by atoms with Crippen molar-refractivity contribution in [2.45, 2.75) is 0 Å². The monoisotopic (exact) mass is 354 g/mol. The van der Waals surface area contributed by atoms with Gasteiger partial charge in [-0.2, -0.15) is 0 Å². The van der Waals surface area contributed by atoms with Crippen LogP contribution < -0.4 is 9.64 Å². The van der Waals surface area contributed by atoms with Crippen molar-refractivity contribution in [2.24, 2.45) is 4.99 Å². The molecule has 0 atom stereocenters. The van der Waals surface area contributed by atoms with Crippen LogP contribution in [0.2, 0.25) is 0 Å². The zero-order chi connectivity index (χ0) is 18.7. The molecule has 0 saturated heterocycles. The van der Waals surface area contributed by atoms with E-state index in [1.54, 1.807) is 13.1 Å². The number of ether oxygens (including phenoxy) is 2. The molecule has 1 amide bonds. The molecule has 1 N–H and O–H groups in total. The maximum Gasteiger partial charge on any atom is 0.339 e. The first kappa shape index (κ1) is 17.5. The highest BCUT2D eigenvalue weighted by Crippen LogP contribution is 2.26. The second-order valence-corrected chi connectivity index (χ2v) is 5.64. The van der Waals surface area contributed by atoms with Gasteiger partial charge in [-0.05, 0) is 30.3 Å². The van der Waals surface area contributed by atoms with Crippen LogP contribution in [0.3, 0.4) is 0 Å². The lowest BCUT2D eigenvalue weighted by atomic mass is 10.1. The number of anilines is 1. The second-order valence-electron chi connectivity index (χ2n) is 5.64. The van der Waals surface area contributed by atoms with Gasteiger partial charge in [0, 0.05) is 12.6 Å². The van der Waals surface area contributed by atoms with Crippen molar-refractivity contribution in [3.05, 3.63) is 59.2 Å². The zero-order valence-corrected chi connectivity index (χ0v) is 14.4. The number of amides is 1. The quantitative estimate of drug-likeness (QED) is 0.891. The Bertz CT molecular complexity index is 891. The van der Waals surface area contributed by atoms with E-state index in [9.17, 15) is 9.59 Å². The molecular formula is C19H18N2O5. The average molecular weight is 354 g/mol. The Balaban J connectivity index is 1.95. The van der Waals surface area contributed by atoms with Gasteiger partial charge in [-0.25, -0.2) is 9.79 Å². The summed E-state index contributed by atoms with van der Waals surface area (Å²) in [6, 6.07) is 11.6. The fraction of sp³-hybridized carbons (Fsp3) is 0.211. The molecule has 0 bridgehead atoms. The molecule has 26 heavy (non-hydrogen) atoms. The standard InChI is InChI=1S/C19H18N2O5/c1-21(15-6-4-3-5-13(15)17-20-9-10-26-17)18(22)12-7-8-14(19(23)24)16(11-12)25-2/h3-8,11H,9-10H2,1-2H3,(H,23,24). The molecule has 134 valence electrons. The Labute approximate surface area is 150 Å². The number of carbonyl (C=O) groups excluding carboxylic acids is 1. The van der Waals surface area contributed by atoms with Crippen LogP contribution in [-0.2, 0) is 4.74 Å². The fourth-order valence-corrected chi connectivity index (χ4v) is 2.75. The Hall–Kier alpha value is -3.35. The molecule has 0 spiro atoms. The summed E-state index contributed by atoms with van der Waals surface area (Å²) in [4.78, 5) is 29.9. The normalized spacial score (nSPS) is 12.9. The molecule has 1 aliphatic heterocycles. The molecule has 0 aliphatic carbocycles.